The number of carboxylic acids is 1. The molecule has 3 N–H and O–H groups in total. The Hall–Kier alpha value is -2.07. The highest BCUT2D eigenvalue weighted by molar-refractivity contribution is 5.98. The zero-order chi connectivity index (χ0) is 14.7. The van der Waals surface area contributed by atoms with E-state index in [1.165, 1.54) is 6.20 Å². The van der Waals surface area contributed by atoms with E-state index in [9.17, 15) is 9.59 Å². The minimum Gasteiger partial charge on any atom is -0.480 e. The quantitative estimate of drug-likeness (QED) is 0.296. The van der Waals surface area contributed by atoms with Crippen LogP contribution in [0.15, 0.2) is 11.8 Å². The Bertz CT molecular complexity index is 370. The molecule has 0 spiro atoms. The number of likely N-dealkylation sites (N-methyl/N-ethyl adjacent to an activating group) is 1. The van der Waals surface area contributed by atoms with Crippen LogP contribution in [-0.2, 0) is 9.59 Å². The summed E-state index contributed by atoms with van der Waals surface area (Å²) in [6.07, 6.45) is 1.31. The van der Waals surface area contributed by atoms with Gasteiger partial charge in [-0.25, -0.2) is 0 Å². The lowest BCUT2D eigenvalue weighted by molar-refractivity contribution is -0.137. The number of hydrogen-bond donors (Lipinski definition) is 3. The highest BCUT2D eigenvalue weighted by atomic mass is 16.4. The van der Waals surface area contributed by atoms with E-state index in [2.05, 4.69) is 29.4 Å². The average molecular weight is 268 g/mol. The van der Waals surface area contributed by atoms with Crippen LogP contribution < -0.4 is 10.6 Å². The van der Waals surface area contributed by atoms with Gasteiger partial charge in [0.2, 0.25) is 0 Å². The summed E-state index contributed by atoms with van der Waals surface area (Å²) in [5.74, 6) is -1.85. The molecule has 0 fully saturated rings. The summed E-state index contributed by atoms with van der Waals surface area (Å²) in [5, 5.41) is 22.2. The number of nitrogens with zero attached hydrogens (tertiary/aromatic N) is 2. The van der Waals surface area contributed by atoms with E-state index >= 15 is 0 Å². The number of rotatable bonds is 9. The number of nitrogens with one attached hydrogen (secondary N) is 2. The van der Waals surface area contributed by atoms with Crippen molar-refractivity contribution in [3.63, 3.8) is 0 Å². The molecule has 1 amide bonds. The molecule has 0 aliphatic carbocycles. The predicted octanol–water partition coefficient (Wildman–Crippen LogP) is -0.474. The molecule has 7 heteroatoms. The lowest BCUT2D eigenvalue weighted by atomic mass is 10.3. The largest absolute Gasteiger partial charge is 0.480 e. The molecule has 0 unspecified atom stereocenters. The van der Waals surface area contributed by atoms with Crippen molar-refractivity contribution in [2.24, 2.45) is 0 Å². The second kappa shape index (κ2) is 9.91. The topological polar surface area (TPSA) is 105 Å². The Morgan fingerprint density at radius 1 is 1.37 bits per heavy atom. The third-order valence-corrected chi connectivity index (χ3v) is 2.48. The van der Waals surface area contributed by atoms with E-state index in [0.29, 0.717) is 6.54 Å². The number of carboxylic acid groups (broad SMARTS) is 1. The Morgan fingerprint density at radius 3 is 2.47 bits per heavy atom. The molecule has 0 aromatic rings. The molecular formula is C12H20N4O3. The molecule has 19 heavy (non-hydrogen) atoms. The highest BCUT2D eigenvalue weighted by Gasteiger charge is 2.09. The van der Waals surface area contributed by atoms with E-state index in [1.807, 2.05) is 0 Å². The van der Waals surface area contributed by atoms with Crippen LogP contribution in [0, 0.1) is 11.3 Å². The van der Waals surface area contributed by atoms with Crippen molar-refractivity contribution in [3.05, 3.63) is 11.8 Å². The van der Waals surface area contributed by atoms with E-state index < -0.39 is 18.4 Å². The molecule has 0 aliphatic heterocycles. The van der Waals surface area contributed by atoms with Gasteiger partial charge in [0.15, 0.2) is 0 Å². The molecule has 0 rings (SSSR count). The molecule has 0 saturated carbocycles. The van der Waals surface area contributed by atoms with Crippen LogP contribution in [0.3, 0.4) is 0 Å². The predicted molar refractivity (Wildman–Crippen MR) is 70.1 cm³/mol. The molecule has 0 heterocycles. The average Bonchev–Trinajstić information content (AvgIpc) is 2.40. The van der Waals surface area contributed by atoms with E-state index in [-0.39, 0.29) is 5.57 Å². The van der Waals surface area contributed by atoms with Crippen molar-refractivity contribution in [3.8, 4) is 6.07 Å². The van der Waals surface area contributed by atoms with Crippen molar-refractivity contribution < 1.29 is 14.7 Å². The second-order valence-corrected chi connectivity index (χ2v) is 3.73. The van der Waals surface area contributed by atoms with Crippen LogP contribution in [0.1, 0.15) is 13.8 Å². The van der Waals surface area contributed by atoms with Crippen molar-refractivity contribution >= 4 is 11.9 Å². The van der Waals surface area contributed by atoms with E-state index in [1.54, 1.807) is 6.07 Å². The monoisotopic (exact) mass is 268 g/mol. The van der Waals surface area contributed by atoms with E-state index in [0.717, 1.165) is 19.6 Å². The minimum atomic E-state index is -1.15. The lowest BCUT2D eigenvalue weighted by Gasteiger charge is -2.17. The van der Waals surface area contributed by atoms with Crippen LogP contribution in [0.4, 0.5) is 0 Å². The summed E-state index contributed by atoms with van der Waals surface area (Å²) in [7, 11) is 0. The Kier molecular flexibility index (Phi) is 8.83. The Labute approximate surface area is 112 Å². The molecule has 0 radical (unpaired) electrons. The van der Waals surface area contributed by atoms with Gasteiger partial charge in [-0.3, -0.25) is 9.59 Å². The molecular weight excluding hydrogens is 248 g/mol. The van der Waals surface area contributed by atoms with Crippen LogP contribution in [-0.4, -0.2) is 54.6 Å². The maximum atomic E-state index is 11.4. The van der Waals surface area contributed by atoms with Gasteiger partial charge in [0.05, 0.1) is 0 Å². The molecule has 0 bridgehead atoms. The Balaban J connectivity index is 4.15. The van der Waals surface area contributed by atoms with Gasteiger partial charge in [-0.05, 0) is 13.1 Å². The summed E-state index contributed by atoms with van der Waals surface area (Å²) < 4.78 is 0. The number of carbonyl (C=O) groups excluding carboxylic acids is 1. The lowest BCUT2D eigenvalue weighted by Crippen LogP contribution is -2.32. The summed E-state index contributed by atoms with van der Waals surface area (Å²) in [5.41, 5.74) is -0.138. The van der Waals surface area contributed by atoms with Gasteiger partial charge >= 0.3 is 5.97 Å². The number of nitriles is 1. The van der Waals surface area contributed by atoms with Gasteiger partial charge in [-0.2, -0.15) is 5.26 Å². The third kappa shape index (κ3) is 7.78. The molecule has 106 valence electrons. The maximum absolute atomic E-state index is 11.4. The molecule has 0 saturated heterocycles. The molecule has 0 aromatic carbocycles. The van der Waals surface area contributed by atoms with E-state index in [4.69, 9.17) is 10.4 Å². The van der Waals surface area contributed by atoms with Gasteiger partial charge < -0.3 is 20.6 Å². The van der Waals surface area contributed by atoms with Crippen molar-refractivity contribution in [1.82, 2.24) is 15.5 Å². The minimum absolute atomic E-state index is 0.138. The second-order valence-electron chi connectivity index (χ2n) is 3.73. The maximum Gasteiger partial charge on any atom is 0.322 e. The fourth-order valence-electron chi connectivity index (χ4n) is 1.34. The van der Waals surface area contributed by atoms with Crippen molar-refractivity contribution in [2.75, 3.05) is 32.7 Å². The van der Waals surface area contributed by atoms with Gasteiger partial charge in [-0.1, -0.05) is 13.8 Å². The summed E-state index contributed by atoms with van der Waals surface area (Å²) >= 11 is 0. The molecule has 0 atom stereocenters. The fraction of sp³-hybridized carbons (Fsp3) is 0.583. The van der Waals surface area contributed by atoms with Crippen LogP contribution in [0.5, 0.6) is 0 Å². The first-order valence-corrected chi connectivity index (χ1v) is 6.11. The first kappa shape index (κ1) is 16.9. The van der Waals surface area contributed by atoms with Crippen LogP contribution in [0.2, 0.25) is 0 Å². The summed E-state index contributed by atoms with van der Waals surface area (Å²) in [6.45, 7) is 6.90. The van der Waals surface area contributed by atoms with Gasteiger partial charge in [0.1, 0.15) is 18.2 Å². The fourth-order valence-corrected chi connectivity index (χ4v) is 1.34. The summed E-state index contributed by atoms with van der Waals surface area (Å²) in [4.78, 5) is 23.9. The number of aliphatic carboxylic acids is 1. The number of hydrogen-bond acceptors (Lipinski definition) is 5. The zero-order valence-electron chi connectivity index (χ0n) is 11.3. The summed E-state index contributed by atoms with van der Waals surface area (Å²) in [6, 6.07) is 1.72. The highest BCUT2D eigenvalue weighted by Crippen LogP contribution is 1.90. The van der Waals surface area contributed by atoms with Gasteiger partial charge in [0.25, 0.3) is 5.91 Å². The zero-order valence-corrected chi connectivity index (χ0v) is 11.3. The molecule has 0 aromatic heterocycles. The number of amides is 1. The SMILES string of the molecule is CCN(CC)CCN/C=C(/C#N)C(=O)NCC(=O)O. The Morgan fingerprint density at radius 2 is 2.00 bits per heavy atom. The van der Waals surface area contributed by atoms with Crippen LogP contribution in [0.25, 0.3) is 0 Å². The third-order valence-electron chi connectivity index (χ3n) is 2.48. The van der Waals surface area contributed by atoms with Crippen molar-refractivity contribution in [1.29, 1.82) is 5.26 Å². The van der Waals surface area contributed by atoms with Crippen molar-refractivity contribution in [2.45, 2.75) is 13.8 Å². The normalized spacial score (nSPS) is 10.9. The first-order chi connectivity index (χ1) is 9.04. The smallest absolute Gasteiger partial charge is 0.322 e. The number of carbonyl (C=O) groups is 2. The van der Waals surface area contributed by atoms with Gasteiger partial charge in [-0.15, -0.1) is 0 Å². The van der Waals surface area contributed by atoms with Crippen LogP contribution >= 0.6 is 0 Å². The molecule has 0 aliphatic rings. The standard InChI is InChI=1S/C12H20N4O3/c1-3-16(4-2)6-5-14-8-10(7-13)12(19)15-9-11(17)18/h8,14H,3-6,9H2,1-2H3,(H,15,19)(H,17,18)/b10-8-. The molecule has 7 nitrogen and oxygen atoms in total. The first-order valence-electron chi connectivity index (χ1n) is 6.11. The van der Waals surface area contributed by atoms with Gasteiger partial charge in [0, 0.05) is 19.3 Å².